The quantitative estimate of drug-likeness (QED) is 0.0721. The van der Waals surface area contributed by atoms with Gasteiger partial charge >= 0.3 is 0 Å². The molecule has 0 spiro atoms. The third-order valence-corrected chi connectivity index (χ3v) is 6.42. The van der Waals surface area contributed by atoms with E-state index >= 15 is 0 Å². The number of nitro benzene ring substituents is 2. The third-order valence-electron chi connectivity index (χ3n) is 6.42. The lowest BCUT2D eigenvalue weighted by atomic mass is 10.1. The second-order valence-corrected chi connectivity index (χ2v) is 9.08. The number of nitrogens with zero attached hydrogens (tertiary/aromatic N) is 4. The fourth-order valence-electron chi connectivity index (χ4n) is 4.11. The van der Waals surface area contributed by atoms with E-state index in [-0.39, 0.29) is 34.0 Å². The van der Waals surface area contributed by atoms with Gasteiger partial charge in [-0.1, -0.05) is 36.4 Å². The molecule has 0 fully saturated rings. The van der Waals surface area contributed by atoms with E-state index < -0.39 is 9.85 Å². The van der Waals surface area contributed by atoms with Crippen LogP contribution in [0, 0.1) is 20.2 Å². The number of hydrogen-bond acceptors (Lipinski definition) is 10. The predicted octanol–water partition coefficient (Wildman–Crippen LogP) is 7.21. The summed E-state index contributed by atoms with van der Waals surface area (Å²) in [6.45, 7) is 0. The molecule has 0 radical (unpaired) electrons. The maximum Gasteiger partial charge on any atom is 0.282 e. The molecule has 0 atom stereocenters. The van der Waals surface area contributed by atoms with Crippen molar-refractivity contribution in [2.45, 2.75) is 0 Å². The zero-order valence-electron chi connectivity index (χ0n) is 24.3. The summed E-state index contributed by atoms with van der Waals surface area (Å²) in [5.41, 5.74) is 3.34. The van der Waals surface area contributed by atoms with Crippen LogP contribution in [0.3, 0.4) is 0 Å². The van der Waals surface area contributed by atoms with E-state index in [2.05, 4.69) is 9.98 Å². The molecular weight excluding hydrogens is 568 g/mol. The Kier molecular flexibility index (Phi) is 9.99. The van der Waals surface area contributed by atoms with Crippen LogP contribution in [0.5, 0.6) is 23.0 Å². The predicted molar refractivity (Wildman–Crippen MR) is 169 cm³/mol. The fourth-order valence-corrected chi connectivity index (χ4v) is 4.11. The van der Waals surface area contributed by atoms with Crippen LogP contribution < -0.4 is 18.9 Å². The van der Waals surface area contributed by atoms with Gasteiger partial charge in [0.2, 0.25) is 0 Å². The normalized spacial score (nSPS) is 11.3. The van der Waals surface area contributed by atoms with Crippen LogP contribution in [0.15, 0.2) is 82.8 Å². The van der Waals surface area contributed by atoms with Crippen molar-refractivity contribution in [3.8, 4) is 23.0 Å². The zero-order valence-corrected chi connectivity index (χ0v) is 24.3. The molecule has 0 amide bonds. The van der Waals surface area contributed by atoms with Gasteiger partial charge in [-0.3, -0.25) is 30.2 Å². The van der Waals surface area contributed by atoms with E-state index in [0.717, 1.165) is 11.1 Å². The first kappa shape index (κ1) is 30.9. The van der Waals surface area contributed by atoms with Crippen molar-refractivity contribution in [3.05, 3.63) is 115 Å². The first-order chi connectivity index (χ1) is 21.3. The molecule has 0 aliphatic carbocycles. The minimum Gasteiger partial charge on any atom is -0.493 e. The number of ether oxygens (including phenoxy) is 4. The highest BCUT2D eigenvalue weighted by Crippen LogP contribution is 2.35. The van der Waals surface area contributed by atoms with Crippen molar-refractivity contribution in [3.63, 3.8) is 0 Å². The van der Waals surface area contributed by atoms with Gasteiger partial charge in [-0.2, -0.15) is 0 Å². The van der Waals surface area contributed by atoms with Crippen LogP contribution >= 0.6 is 0 Å². The summed E-state index contributed by atoms with van der Waals surface area (Å²) >= 11 is 0. The van der Waals surface area contributed by atoms with Gasteiger partial charge in [-0.05, 0) is 47.5 Å². The third kappa shape index (κ3) is 7.42. The van der Waals surface area contributed by atoms with Crippen LogP contribution in [0.25, 0.3) is 12.2 Å². The van der Waals surface area contributed by atoms with Crippen molar-refractivity contribution in [1.82, 2.24) is 0 Å². The highest BCUT2D eigenvalue weighted by molar-refractivity contribution is 5.89. The van der Waals surface area contributed by atoms with E-state index in [1.807, 2.05) is 36.4 Å². The number of rotatable bonds is 12. The molecule has 0 aliphatic rings. The summed E-state index contributed by atoms with van der Waals surface area (Å²) in [6, 6.07) is 20.3. The number of hydrogen-bond donors (Lipinski definition) is 0. The van der Waals surface area contributed by atoms with E-state index in [0.29, 0.717) is 22.9 Å². The second-order valence-electron chi connectivity index (χ2n) is 9.08. The molecule has 0 N–H and O–H groups in total. The Bertz CT molecular complexity index is 1620. The van der Waals surface area contributed by atoms with Crippen molar-refractivity contribution in [2.75, 3.05) is 28.4 Å². The van der Waals surface area contributed by atoms with Crippen molar-refractivity contribution in [2.24, 2.45) is 9.98 Å². The van der Waals surface area contributed by atoms with Gasteiger partial charge in [0.05, 0.1) is 72.9 Å². The Morgan fingerprint density at radius 3 is 1.16 bits per heavy atom. The Balaban J connectivity index is 1.44. The summed E-state index contributed by atoms with van der Waals surface area (Å²) in [5, 5.41) is 23.0. The highest BCUT2D eigenvalue weighted by Gasteiger charge is 2.19. The highest BCUT2D eigenvalue weighted by atomic mass is 16.6. The number of nitro groups is 2. The Morgan fingerprint density at radius 1 is 0.545 bits per heavy atom. The van der Waals surface area contributed by atoms with Gasteiger partial charge in [-0.25, -0.2) is 0 Å². The van der Waals surface area contributed by atoms with Crippen LogP contribution in [0.1, 0.15) is 22.3 Å². The number of aliphatic imine (C=N–C) groups is 2. The summed E-state index contributed by atoms with van der Waals surface area (Å²) in [6.07, 6.45) is 6.69. The lowest BCUT2D eigenvalue weighted by Gasteiger charge is -2.08. The van der Waals surface area contributed by atoms with E-state index in [4.69, 9.17) is 18.9 Å². The maximum atomic E-state index is 11.5. The van der Waals surface area contributed by atoms with Gasteiger partial charge < -0.3 is 18.9 Å². The average Bonchev–Trinajstić information content (AvgIpc) is 3.05. The molecule has 0 aliphatic heterocycles. The molecule has 0 saturated carbocycles. The van der Waals surface area contributed by atoms with Gasteiger partial charge in [0.25, 0.3) is 11.4 Å². The van der Waals surface area contributed by atoms with Crippen LogP contribution in [0.2, 0.25) is 0 Å². The fraction of sp³-hybridized carbons (Fsp3) is 0.125. The molecule has 0 bridgehead atoms. The van der Waals surface area contributed by atoms with Gasteiger partial charge in [-0.15, -0.1) is 0 Å². The Morgan fingerprint density at radius 2 is 0.864 bits per heavy atom. The second kappa shape index (κ2) is 14.2. The Hall–Kier alpha value is -6.04. The summed E-state index contributed by atoms with van der Waals surface area (Å²) in [4.78, 5) is 30.8. The van der Waals surface area contributed by atoms with Crippen molar-refractivity contribution >= 4 is 47.3 Å². The van der Waals surface area contributed by atoms with E-state index in [1.165, 1.54) is 65.1 Å². The minimum absolute atomic E-state index is 0.148. The first-order valence-corrected chi connectivity index (χ1v) is 13.0. The minimum atomic E-state index is -0.500. The molecule has 0 saturated heterocycles. The number of benzene rings is 4. The SMILES string of the molecule is COc1cc(C=Nc2ccc(C=Cc3ccc(N=Cc4cc(OC)c(OC)cc4[N+](=O)[O-])cc3)cc2)c([N+](=O)[O-])cc1OC. The molecule has 4 aromatic rings. The van der Waals surface area contributed by atoms with E-state index in [1.54, 1.807) is 24.3 Å². The van der Waals surface area contributed by atoms with Crippen LogP contribution in [-0.2, 0) is 0 Å². The molecule has 0 aromatic heterocycles. The monoisotopic (exact) mass is 596 g/mol. The lowest BCUT2D eigenvalue weighted by molar-refractivity contribution is -0.385. The number of methoxy groups -OCH3 is 4. The molecule has 12 heteroatoms. The summed E-state index contributed by atoms with van der Waals surface area (Å²) in [7, 11) is 5.73. The smallest absolute Gasteiger partial charge is 0.282 e. The first-order valence-electron chi connectivity index (χ1n) is 13.0. The van der Waals surface area contributed by atoms with Crippen molar-refractivity contribution in [1.29, 1.82) is 0 Å². The largest absolute Gasteiger partial charge is 0.493 e. The molecule has 224 valence electrons. The van der Waals surface area contributed by atoms with Crippen molar-refractivity contribution < 1.29 is 28.8 Å². The molecule has 4 aromatic carbocycles. The molecule has 0 heterocycles. The molecular formula is C32H28N4O8. The maximum absolute atomic E-state index is 11.5. The van der Waals surface area contributed by atoms with Crippen LogP contribution in [0.4, 0.5) is 22.7 Å². The van der Waals surface area contributed by atoms with Crippen LogP contribution in [-0.4, -0.2) is 50.7 Å². The standard InChI is InChI=1S/C32H28N4O8/c1-41-29-15-23(27(35(37)38)17-31(29)43-3)19-33-25-11-7-21(8-12-25)5-6-22-9-13-26(14-10-22)34-20-24-16-30(42-2)32(44-4)18-28(24)36(39)40/h5-20H,1-4H3. The summed E-state index contributed by atoms with van der Waals surface area (Å²) in [5.74, 6) is 1.25. The summed E-state index contributed by atoms with van der Waals surface area (Å²) < 4.78 is 20.8. The van der Waals surface area contributed by atoms with Gasteiger partial charge in [0, 0.05) is 12.4 Å². The van der Waals surface area contributed by atoms with Gasteiger partial charge in [0.15, 0.2) is 23.0 Å². The van der Waals surface area contributed by atoms with Gasteiger partial charge in [0.1, 0.15) is 0 Å². The lowest BCUT2D eigenvalue weighted by Crippen LogP contribution is -1.98. The molecule has 44 heavy (non-hydrogen) atoms. The Labute approximate surface area is 252 Å². The molecule has 4 rings (SSSR count). The van der Waals surface area contributed by atoms with E-state index in [9.17, 15) is 20.2 Å². The zero-order chi connectivity index (χ0) is 31.6. The average molecular weight is 597 g/mol. The molecule has 0 unspecified atom stereocenters. The topological polar surface area (TPSA) is 148 Å². The molecule has 12 nitrogen and oxygen atoms in total.